The smallest absolute Gasteiger partial charge is 0.0967 e. The minimum absolute atomic E-state index is 0.167. The number of hydrogen-bond donors (Lipinski definition) is 0. The molecule has 2 heteroatoms. The van der Waals surface area contributed by atoms with Crippen molar-refractivity contribution in [2.24, 2.45) is 0 Å². The molecule has 2 rings (SSSR count). The van der Waals surface area contributed by atoms with Crippen LogP contribution in [-0.2, 0) is 10.3 Å². The Balaban J connectivity index is 2.31. The van der Waals surface area contributed by atoms with Crippen LogP contribution < -0.4 is 0 Å². The summed E-state index contributed by atoms with van der Waals surface area (Å²) in [5.74, 6) is 0. The first-order chi connectivity index (χ1) is 7.63. The third-order valence-corrected chi connectivity index (χ3v) is 4.11. The van der Waals surface area contributed by atoms with Gasteiger partial charge in [0, 0.05) is 16.2 Å². The van der Waals surface area contributed by atoms with Crippen molar-refractivity contribution in [3.63, 3.8) is 0 Å². The fourth-order valence-electron chi connectivity index (χ4n) is 1.71. The van der Waals surface area contributed by atoms with E-state index in [-0.39, 0.29) is 5.60 Å². The van der Waals surface area contributed by atoms with Crippen LogP contribution in [0.4, 0.5) is 0 Å². The summed E-state index contributed by atoms with van der Waals surface area (Å²) in [6, 6.07) is 10.7. The van der Waals surface area contributed by atoms with E-state index in [2.05, 4.69) is 51.1 Å². The van der Waals surface area contributed by atoms with E-state index in [4.69, 9.17) is 4.74 Å². The van der Waals surface area contributed by atoms with Gasteiger partial charge in [0.25, 0.3) is 0 Å². The van der Waals surface area contributed by atoms with E-state index in [9.17, 15) is 0 Å². The molecule has 0 radical (unpaired) electrons. The molecule has 0 aliphatic rings. The molecule has 0 aliphatic heterocycles. The maximum atomic E-state index is 5.90. The summed E-state index contributed by atoms with van der Waals surface area (Å²) in [6.07, 6.45) is 1.06. The maximum Gasteiger partial charge on any atom is 0.0967 e. The van der Waals surface area contributed by atoms with Crippen LogP contribution in [0.2, 0.25) is 0 Å². The van der Waals surface area contributed by atoms with E-state index < -0.39 is 0 Å². The minimum atomic E-state index is -0.167. The van der Waals surface area contributed by atoms with E-state index in [1.165, 1.54) is 15.0 Å². The zero-order valence-corrected chi connectivity index (χ0v) is 10.9. The van der Waals surface area contributed by atoms with Gasteiger partial charge < -0.3 is 4.74 Å². The van der Waals surface area contributed by atoms with E-state index in [0.29, 0.717) is 0 Å². The van der Waals surface area contributed by atoms with E-state index in [1.54, 1.807) is 0 Å². The Bertz CT molecular complexity index is 437. The molecule has 0 N–H and O–H groups in total. The second kappa shape index (κ2) is 4.56. The zero-order chi connectivity index (χ0) is 11.6. The third kappa shape index (κ3) is 2.28. The topological polar surface area (TPSA) is 9.23 Å². The number of thiophene rings is 1. The van der Waals surface area contributed by atoms with Crippen molar-refractivity contribution in [2.45, 2.75) is 32.8 Å². The molecule has 16 heavy (non-hydrogen) atoms. The van der Waals surface area contributed by atoms with Gasteiger partial charge >= 0.3 is 0 Å². The lowest BCUT2D eigenvalue weighted by atomic mass is 10.1. The van der Waals surface area contributed by atoms with Crippen LogP contribution in [0.1, 0.15) is 32.1 Å². The highest BCUT2D eigenvalue weighted by molar-refractivity contribution is 7.19. The number of ether oxygens (including phenoxy) is 1. The number of benzene rings is 1. The molecule has 0 aliphatic carbocycles. The quantitative estimate of drug-likeness (QED) is 0.753. The fraction of sp³-hybridized carbons (Fsp3) is 0.429. The summed E-state index contributed by atoms with van der Waals surface area (Å²) in [4.78, 5) is 1.31. The Morgan fingerprint density at radius 1 is 1.25 bits per heavy atom. The first-order valence-electron chi connectivity index (χ1n) is 5.76. The molecule has 86 valence electrons. The van der Waals surface area contributed by atoms with Crippen LogP contribution in [0.3, 0.4) is 0 Å². The largest absolute Gasteiger partial charge is 0.370 e. The highest BCUT2D eigenvalue weighted by Gasteiger charge is 2.23. The molecule has 0 atom stereocenters. The van der Waals surface area contributed by atoms with Crippen molar-refractivity contribution < 1.29 is 4.74 Å². The molecule has 0 spiro atoms. The first-order valence-corrected chi connectivity index (χ1v) is 6.58. The Hall–Kier alpha value is -0.860. The van der Waals surface area contributed by atoms with Crippen molar-refractivity contribution in [3.05, 3.63) is 35.2 Å². The molecule has 0 saturated heterocycles. The number of rotatable bonds is 4. The first kappa shape index (κ1) is 11.6. The Labute approximate surface area is 101 Å². The second-order valence-corrected chi connectivity index (χ2v) is 5.59. The van der Waals surface area contributed by atoms with Gasteiger partial charge in [0.15, 0.2) is 0 Å². The van der Waals surface area contributed by atoms with Crippen molar-refractivity contribution in [2.75, 3.05) is 6.61 Å². The lowest BCUT2D eigenvalue weighted by Crippen LogP contribution is -2.20. The molecular formula is C14H18OS. The van der Waals surface area contributed by atoms with E-state index in [1.807, 2.05) is 11.3 Å². The monoisotopic (exact) mass is 234 g/mol. The summed E-state index contributed by atoms with van der Waals surface area (Å²) >= 11 is 1.83. The van der Waals surface area contributed by atoms with Gasteiger partial charge in [0.2, 0.25) is 0 Å². The van der Waals surface area contributed by atoms with Crippen molar-refractivity contribution in [1.82, 2.24) is 0 Å². The molecule has 1 aromatic heterocycles. The summed E-state index contributed by atoms with van der Waals surface area (Å²) in [6.45, 7) is 7.25. The minimum Gasteiger partial charge on any atom is -0.370 e. The highest BCUT2D eigenvalue weighted by atomic mass is 32.1. The van der Waals surface area contributed by atoms with Crippen molar-refractivity contribution in [3.8, 4) is 0 Å². The summed E-state index contributed by atoms with van der Waals surface area (Å²) in [5, 5.41) is 1.32. The van der Waals surface area contributed by atoms with Crippen LogP contribution in [-0.4, -0.2) is 6.61 Å². The van der Waals surface area contributed by atoms with Gasteiger partial charge in [-0.15, -0.1) is 11.3 Å². The zero-order valence-electron chi connectivity index (χ0n) is 10.1. The van der Waals surface area contributed by atoms with Crippen LogP contribution in [0.25, 0.3) is 10.1 Å². The number of hydrogen-bond acceptors (Lipinski definition) is 2. The van der Waals surface area contributed by atoms with E-state index in [0.717, 1.165) is 13.0 Å². The van der Waals surface area contributed by atoms with Gasteiger partial charge in [-0.25, -0.2) is 0 Å². The summed E-state index contributed by atoms with van der Waals surface area (Å²) in [5.41, 5.74) is -0.167. The van der Waals surface area contributed by atoms with Gasteiger partial charge in [-0.2, -0.15) is 0 Å². The summed E-state index contributed by atoms with van der Waals surface area (Å²) < 4.78 is 7.24. The molecule has 0 unspecified atom stereocenters. The summed E-state index contributed by atoms with van der Waals surface area (Å²) in [7, 11) is 0. The fourth-order valence-corrected chi connectivity index (χ4v) is 2.83. The van der Waals surface area contributed by atoms with Gasteiger partial charge in [-0.1, -0.05) is 25.1 Å². The second-order valence-electron chi connectivity index (χ2n) is 4.51. The molecule has 0 fully saturated rings. The van der Waals surface area contributed by atoms with Gasteiger partial charge in [-0.05, 0) is 37.8 Å². The van der Waals surface area contributed by atoms with Gasteiger partial charge in [0.1, 0.15) is 0 Å². The lowest BCUT2D eigenvalue weighted by molar-refractivity contribution is -0.0184. The average Bonchev–Trinajstić information content (AvgIpc) is 2.71. The predicted octanol–water partition coefficient (Wildman–Crippen LogP) is 4.56. The van der Waals surface area contributed by atoms with Crippen LogP contribution >= 0.6 is 11.3 Å². The molecule has 2 aromatic rings. The van der Waals surface area contributed by atoms with Crippen LogP contribution in [0.5, 0.6) is 0 Å². The van der Waals surface area contributed by atoms with E-state index >= 15 is 0 Å². The Kier molecular flexibility index (Phi) is 3.31. The molecule has 0 amide bonds. The molecule has 0 saturated carbocycles. The van der Waals surface area contributed by atoms with Gasteiger partial charge in [0.05, 0.1) is 5.60 Å². The SMILES string of the molecule is CCCOC(C)(C)c1cc2ccccc2s1. The normalized spacial score (nSPS) is 12.2. The number of fused-ring (bicyclic) bond motifs is 1. The van der Waals surface area contributed by atoms with Crippen molar-refractivity contribution >= 4 is 21.4 Å². The maximum absolute atomic E-state index is 5.90. The van der Waals surface area contributed by atoms with Crippen molar-refractivity contribution in [1.29, 1.82) is 0 Å². The Morgan fingerprint density at radius 3 is 2.69 bits per heavy atom. The molecule has 1 heterocycles. The average molecular weight is 234 g/mol. The standard InChI is InChI=1S/C14H18OS/c1-4-9-15-14(2,3)13-10-11-7-5-6-8-12(11)16-13/h5-8,10H,4,9H2,1-3H3. The van der Waals surface area contributed by atoms with Crippen LogP contribution in [0, 0.1) is 0 Å². The third-order valence-electron chi connectivity index (χ3n) is 2.69. The lowest BCUT2D eigenvalue weighted by Gasteiger charge is -2.23. The Morgan fingerprint density at radius 2 is 2.00 bits per heavy atom. The predicted molar refractivity (Wildman–Crippen MR) is 71.1 cm³/mol. The molecule has 1 nitrogen and oxygen atoms in total. The molecule has 1 aromatic carbocycles. The molecule has 0 bridgehead atoms. The molecular weight excluding hydrogens is 216 g/mol. The van der Waals surface area contributed by atoms with Gasteiger partial charge in [-0.3, -0.25) is 0 Å². The highest BCUT2D eigenvalue weighted by Crippen LogP contribution is 2.35. The van der Waals surface area contributed by atoms with Crippen LogP contribution in [0.15, 0.2) is 30.3 Å².